The van der Waals surface area contributed by atoms with Crippen molar-refractivity contribution in [3.05, 3.63) is 58.4 Å². The van der Waals surface area contributed by atoms with Crippen LogP contribution in [0.4, 0.5) is 5.69 Å². The Morgan fingerprint density at radius 3 is 2.57 bits per heavy atom. The zero-order valence-electron chi connectivity index (χ0n) is 19.9. The highest BCUT2D eigenvalue weighted by Crippen LogP contribution is 2.36. The number of thiazole rings is 1. The second-order valence-electron chi connectivity index (χ2n) is 9.20. The highest BCUT2D eigenvalue weighted by molar-refractivity contribution is 7.09. The number of fused-ring (bicyclic) bond motifs is 1. The summed E-state index contributed by atoms with van der Waals surface area (Å²) in [4.78, 5) is 19.9. The maximum atomic E-state index is 13.0. The number of aliphatic hydroxyl groups is 1. The van der Waals surface area contributed by atoms with E-state index in [0.29, 0.717) is 31.3 Å². The second kappa shape index (κ2) is 10.8. The molecule has 8 heteroatoms. The number of hydrogen-bond donors (Lipinski definition) is 2. The van der Waals surface area contributed by atoms with Gasteiger partial charge in [-0.05, 0) is 62.7 Å². The molecule has 35 heavy (non-hydrogen) atoms. The Morgan fingerprint density at radius 2 is 1.86 bits per heavy atom. The first-order valence-corrected chi connectivity index (χ1v) is 13.1. The van der Waals surface area contributed by atoms with Gasteiger partial charge in [-0.3, -0.25) is 4.79 Å². The molecule has 2 aromatic carbocycles. The minimum Gasteiger partial charge on any atom is -0.486 e. The Hall–Kier alpha value is -2.94. The number of aliphatic hydroxyl groups excluding tert-OH is 1. The van der Waals surface area contributed by atoms with Crippen LogP contribution in [0.2, 0.25) is 0 Å². The summed E-state index contributed by atoms with van der Waals surface area (Å²) in [5.41, 5.74) is 3.44. The number of amides is 1. The fraction of sp³-hybridized carbons (Fsp3) is 0.407. The number of rotatable bonds is 8. The molecular weight excluding hydrogens is 462 g/mol. The second-order valence-corrected chi connectivity index (χ2v) is 10.3. The number of likely N-dealkylation sites (tertiary alicyclic amines) is 1. The molecule has 1 amide bonds. The van der Waals surface area contributed by atoms with Gasteiger partial charge in [0, 0.05) is 35.5 Å². The van der Waals surface area contributed by atoms with Crippen molar-refractivity contribution in [2.75, 3.05) is 38.2 Å². The summed E-state index contributed by atoms with van der Waals surface area (Å²) in [5.74, 6) is 0.987. The monoisotopic (exact) mass is 493 g/mol. The van der Waals surface area contributed by atoms with E-state index in [0.717, 1.165) is 53.4 Å². The summed E-state index contributed by atoms with van der Waals surface area (Å²) in [5, 5.41) is 17.4. The molecule has 3 heterocycles. The Labute approximate surface area is 209 Å². The van der Waals surface area contributed by atoms with Crippen LogP contribution in [0.15, 0.2) is 47.8 Å². The molecule has 1 fully saturated rings. The van der Waals surface area contributed by atoms with Gasteiger partial charge in [0.25, 0.3) is 0 Å². The van der Waals surface area contributed by atoms with Crippen molar-refractivity contribution < 1.29 is 19.4 Å². The van der Waals surface area contributed by atoms with Crippen LogP contribution in [0.5, 0.6) is 11.5 Å². The minimum absolute atomic E-state index is 0.108. The normalized spacial score (nSPS) is 17.2. The van der Waals surface area contributed by atoms with Gasteiger partial charge in [-0.1, -0.05) is 18.2 Å². The van der Waals surface area contributed by atoms with Gasteiger partial charge in [0.2, 0.25) is 5.91 Å². The molecule has 0 unspecified atom stereocenters. The predicted octanol–water partition coefficient (Wildman–Crippen LogP) is 4.66. The summed E-state index contributed by atoms with van der Waals surface area (Å²) < 4.78 is 11.3. The van der Waals surface area contributed by atoms with Gasteiger partial charge < -0.3 is 24.8 Å². The smallest absolute Gasteiger partial charge is 0.224 e. The van der Waals surface area contributed by atoms with Crippen molar-refractivity contribution >= 4 is 22.9 Å². The first kappa shape index (κ1) is 23.8. The van der Waals surface area contributed by atoms with E-state index in [4.69, 9.17) is 9.47 Å². The maximum Gasteiger partial charge on any atom is 0.224 e. The van der Waals surface area contributed by atoms with Crippen molar-refractivity contribution in [2.45, 2.75) is 32.3 Å². The van der Waals surface area contributed by atoms with Crippen LogP contribution in [-0.4, -0.2) is 53.7 Å². The van der Waals surface area contributed by atoms with Crippen molar-refractivity contribution in [1.82, 2.24) is 9.88 Å². The predicted molar refractivity (Wildman–Crippen MR) is 137 cm³/mol. The summed E-state index contributed by atoms with van der Waals surface area (Å²) in [6.07, 6.45) is 1.75. The standard InChI is InChI=1S/C27H31N3O4S/c1-18-28-23(17-35-18)19-4-7-22(8-5-19)29-26(31)15-21(16-30-10-2-3-11-30)27(32)20-6-9-24-25(14-20)34-13-12-33-24/h4-9,14,17,21,27,32H,2-3,10-13,15-16H2,1H3,(H,29,31)/t21-,27-/m1/s1. The zero-order chi connectivity index (χ0) is 24.2. The largest absolute Gasteiger partial charge is 0.486 e. The third-order valence-corrected chi connectivity index (χ3v) is 7.35. The molecule has 7 nitrogen and oxygen atoms in total. The Kier molecular flexibility index (Phi) is 7.32. The molecule has 2 aliphatic heterocycles. The fourth-order valence-corrected chi connectivity index (χ4v) is 5.38. The van der Waals surface area contributed by atoms with Gasteiger partial charge in [-0.2, -0.15) is 0 Å². The topological polar surface area (TPSA) is 83.9 Å². The zero-order valence-corrected chi connectivity index (χ0v) is 20.7. The third kappa shape index (κ3) is 5.83. The van der Waals surface area contributed by atoms with Crippen LogP contribution in [0.1, 0.15) is 35.9 Å². The molecule has 0 saturated carbocycles. The SMILES string of the molecule is Cc1nc(-c2ccc(NC(=O)C[C@H](CN3CCCC3)[C@H](O)c3ccc4c(c3)OCCO4)cc2)cs1. The number of carbonyl (C=O) groups excluding carboxylic acids is 1. The van der Waals surface area contributed by atoms with Gasteiger partial charge in [-0.25, -0.2) is 4.98 Å². The summed E-state index contributed by atoms with van der Waals surface area (Å²) in [6.45, 7) is 5.68. The molecule has 0 bridgehead atoms. The maximum absolute atomic E-state index is 13.0. The number of nitrogens with zero attached hydrogens (tertiary/aromatic N) is 2. The Morgan fingerprint density at radius 1 is 1.11 bits per heavy atom. The van der Waals surface area contributed by atoms with Gasteiger partial charge in [-0.15, -0.1) is 11.3 Å². The molecule has 5 rings (SSSR count). The van der Waals surface area contributed by atoms with E-state index in [2.05, 4.69) is 15.2 Å². The number of nitrogens with one attached hydrogen (secondary N) is 1. The molecular formula is C27H31N3O4S. The number of hydrogen-bond acceptors (Lipinski definition) is 7. The van der Waals surface area contributed by atoms with Crippen LogP contribution >= 0.6 is 11.3 Å². The Bertz CT molecular complexity index is 1160. The lowest BCUT2D eigenvalue weighted by molar-refractivity contribution is -0.118. The van der Waals surface area contributed by atoms with E-state index < -0.39 is 6.10 Å². The van der Waals surface area contributed by atoms with E-state index in [1.807, 2.05) is 54.8 Å². The lowest BCUT2D eigenvalue weighted by Crippen LogP contribution is -2.33. The van der Waals surface area contributed by atoms with Crippen LogP contribution < -0.4 is 14.8 Å². The Balaban J connectivity index is 1.27. The first-order valence-electron chi connectivity index (χ1n) is 12.2. The molecule has 0 radical (unpaired) electrons. The molecule has 0 aliphatic carbocycles. The molecule has 2 aliphatic rings. The third-order valence-electron chi connectivity index (χ3n) is 6.58. The number of carbonyl (C=O) groups is 1. The van der Waals surface area contributed by atoms with E-state index in [1.165, 1.54) is 0 Å². The van der Waals surface area contributed by atoms with Gasteiger partial charge in [0.05, 0.1) is 16.8 Å². The molecule has 3 aromatic rings. The number of aromatic nitrogens is 1. The number of benzene rings is 2. The van der Waals surface area contributed by atoms with Crippen molar-refractivity contribution in [1.29, 1.82) is 0 Å². The number of anilines is 1. The fourth-order valence-electron chi connectivity index (χ4n) is 4.76. The van der Waals surface area contributed by atoms with Crippen LogP contribution in [0.25, 0.3) is 11.3 Å². The van der Waals surface area contributed by atoms with Crippen molar-refractivity contribution in [2.24, 2.45) is 5.92 Å². The lowest BCUT2D eigenvalue weighted by atomic mass is 9.91. The molecule has 1 aromatic heterocycles. The van der Waals surface area contributed by atoms with E-state index in [1.54, 1.807) is 11.3 Å². The quantitative estimate of drug-likeness (QED) is 0.475. The van der Waals surface area contributed by atoms with Crippen molar-refractivity contribution in [3.63, 3.8) is 0 Å². The highest BCUT2D eigenvalue weighted by Gasteiger charge is 2.28. The van der Waals surface area contributed by atoms with Crippen LogP contribution in [0.3, 0.4) is 0 Å². The first-order chi connectivity index (χ1) is 17.0. The molecule has 184 valence electrons. The van der Waals surface area contributed by atoms with E-state index in [-0.39, 0.29) is 18.2 Å². The van der Waals surface area contributed by atoms with Crippen LogP contribution in [0, 0.1) is 12.8 Å². The van der Waals surface area contributed by atoms with E-state index >= 15 is 0 Å². The van der Waals surface area contributed by atoms with Crippen LogP contribution in [-0.2, 0) is 4.79 Å². The summed E-state index contributed by atoms with van der Waals surface area (Å²) in [7, 11) is 0. The minimum atomic E-state index is -0.785. The number of aryl methyl sites for hydroxylation is 1. The highest BCUT2D eigenvalue weighted by atomic mass is 32.1. The molecule has 2 atom stereocenters. The van der Waals surface area contributed by atoms with Gasteiger partial charge >= 0.3 is 0 Å². The van der Waals surface area contributed by atoms with Gasteiger partial charge in [0.1, 0.15) is 13.2 Å². The van der Waals surface area contributed by atoms with Gasteiger partial charge in [0.15, 0.2) is 11.5 Å². The molecule has 2 N–H and O–H groups in total. The summed E-state index contributed by atoms with van der Waals surface area (Å²) >= 11 is 1.62. The lowest BCUT2D eigenvalue weighted by Gasteiger charge is -2.28. The average Bonchev–Trinajstić information content (AvgIpc) is 3.55. The summed E-state index contributed by atoms with van der Waals surface area (Å²) in [6, 6.07) is 13.3. The van der Waals surface area contributed by atoms with E-state index in [9.17, 15) is 9.90 Å². The van der Waals surface area contributed by atoms with Crippen molar-refractivity contribution in [3.8, 4) is 22.8 Å². The molecule has 0 spiro atoms. The molecule has 1 saturated heterocycles. The number of ether oxygens (including phenoxy) is 2. The average molecular weight is 494 g/mol.